The average Bonchev–Trinajstić information content (AvgIpc) is 3.99. The first-order valence-electron chi connectivity index (χ1n) is 22.5. The van der Waals surface area contributed by atoms with Gasteiger partial charge in [-0.05, 0) is 108 Å². The normalized spacial score (nSPS) is 19.2. The zero-order valence-corrected chi connectivity index (χ0v) is 41.3. The molecule has 3 N–H and O–H groups in total. The lowest BCUT2D eigenvalue weighted by Crippen LogP contribution is -2.65. The van der Waals surface area contributed by atoms with Gasteiger partial charge in [-0.15, -0.1) is 0 Å². The van der Waals surface area contributed by atoms with Crippen molar-refractivity contribution >= 4 is 62.7 Å². The summed E-state index contributed by atoms with van der Waals surface area (Å²) in [5, 5.41) is 13.7. The highest BCUT2D eigenvalue weighted by Crippen LogP contribution is 2.46. The molecule has 2 spiro atoms. The van der Waals surface area contributed by atoms with Crippen molar-refractivity contribution < 1.29 is 38.1 Å². The maximum absolute atomic E-state index is 13.8. The standard InChI is InChI=1S/C27H31N5O4.C24H28BrN3O4/c1-26(2,3)36-25(34)31-15-27(16-31)17-32(21-10-8-18(9-11-21)19-13-28-29-14-19)24(33)23(27)30-20-6-5-7-22(12-20)35-4;1-23(2,3)32-22(30)27-13-24(14-27)15-28(18-10-8-16(25)9-11-18)21(29)20(24)26-17-6-5-7-19(12-17)31-4/h5-14,23,30H,15-17H2,1-4H3,(H,28,29);5-12,20,26H,13-15H2,1-4H3. The van der Waals surface area contributed by atoms with Crippen LogP contribution in [0.1, 0.15) is 41.5 Å². The molecule has 0 saturated carbocycles. The van der Waals surface area contributed by atoms with E-state index in [9.17, 15) is 19.2 Å². The van der Waals surface area contributed by atoms with Gasteiger partial charge in [-0.3, -0.25) is 14.7 Å². The molecule has 4 aliphatic heterocycles. The smallest absolute Gasteiger partial charge is 0.410 e. The summed E-state index contributed by atoms with van der Waals surface area (Å²) in [4.78, 5) is 59.5. The Hall–Kier alpha value is -6.75. The molecule has 0 radical (unpaired) electrons. The van der Waals surface area contributed by atoms with Crippen molar-refractivity contribution in [3.05, 3.63) is 114 Å². The average molecular weight is 992 g/mol. The quantitative estimate of drug-likeness (QED) is 0.129. The van der Waals surface area contributed by atoms with E-state index in [-0.39, 0.29) is 24.0 Å². The number of carbonyl (C=O) groups is 4. The molecule has 16 nitrogen and oxygen atoms in total. The Morgan fingerprint density at radius 2 is 1.06 bits per heavy atom. The van der Waals surface area contributed by atoms with Crippen LogP contribution in [0.2, 0.25) is 0 Å². The van der Waals surface area contributed by atoms with E-state index in [0.29, 0.717) is 50.8 Å². The van der Waals surface area contributed by atoms with Crippen LogP contribution in [0.3, 0.4) is 0 Å². The topological polar surface area (TPSA) is 171 Å². The minimum atomic E-state index is -0.577. The molecule has 2 atom stereocenters. The molecule has 0 bridgehead atoms. The third-order valence-electron chi connectivity index (χ3n) is 12.4. The molecule has 2 unspecified atom stereocenters. The number of methoxy groups -OCH3 is 2. The minimum Gasteiger partial charge on any atom is -0.497 e. The van der Waals surface area contributed by atoms with E-state index in [1.807, 2.05) is 150 Å². The van der Waals surface area contributed by atoms with Crippen LogP contribution in [0, 0.1) is 10.8 Å². The maximum atomic E-state index is 13.8. The predicted molar refractivity (Wildman–Crippen MR) is 264 cm³/mol. The number of benzene rings is 4. The van der Waals surface area contributed by atoms with Crippen molar-refractivity contribution in [1.82, 2.24) is 20.0 Å². The molecule has 4 fully saturated rings. The fourth-order valence-electron chi connectivity index (χ4n) is 9.20. The van der Waals surface area contributed by atoms with E-state index in [4.69, 9.17) is 18.9 Å². The highest BCUT2D eigenvalue weighted by Gasteiger charge is 2.62. The Bertz CT molecular complexity index is 2620. The second kappa shape index (κ2) is 18.7. The van der Waals surface area contributed by atoms with E-state index in [1.165, 1.54) is 0 Å². The van der Waals surface area contributed by atoms with E-state index >= 15 is 0 Å². The summed E-state index contributed by atoms with van der Waals surface area (Å²) >= 11 is 3.45. The summed E-state index contributed by atoms with van der Waals surface area (Å²) in [6.45, 7) is 13.9. The Morgan fingerprint density at radius 1 is 0.632 bits per heavy atom. The van der Waals surface area contributed by atoms with Gasteiger partial charge in [-0.25, -0.2) is 9.59 Å². The molecular weight excluding hydrogens is 933 g/mol. The molecule has 4 aromatic carbocycles. The van der Waals surface area contributed by atoms with Gasteiger partial charge >= 0.3 is 12.2 Å². The molecule has 4 aliphatic rings. The number of nitrogens with one attached hydrogen (secondary N) is 3. The van der Waals surface area contributed by atoms with Crippen LogP contribution < -0.4 is 29.9 Å². The molecule has 9 rings (SSSR count). The number of hydrogen-bond acceptors (Lipinski definition) is 11. The third kappa shape index (κ3) is 10.2. The lowest BCUT2D eigenvalue weighted by molar-refractivity contribution is -0.120. The number of amides is 4. The van der Waals surface area contributed by atoms with Gasteiger partial charge in [0.2, 0.25) is 11.8 Å². The number of H-pyrrole nitrogens is 1. The molecule has 68 heavy (non-hydrogen) atoms. The number of ether oxygens (including phenoxy) is 4. The number of likely N-dealkylation sites (tertiary alicyclic amines) is 2. The van der Waals surface area contributed by atoms with Gasteiger partial charge in [0.1, 0.15) is 34.8 Å². The number of nitrogens with zero attached hydrogens (tertiary/aromatic N) is 5. The van der Waals surface area contributed by atoms with E-state index < -0.39 is 34.1 Å². The van der Waals surface area contributed by atoms with Crippen LogP contribution in [0.15, 0.2) is 114 Å². The van der Waals surface area contributed by atoms with Crippen LogP contribution >= 0.6 is 15.9 Å². The summed E-state index contributed by atoms with van der Waals surface area (Å²) < 4.78 is 22.7. The lowest BCUT2D eigenvalue weighted by Gasteiger charge is -2.49. The zero-order valence-electron chi connectivity index (χ0n) is 39.7. The van der Waals surface area contributed by atoms with Gasteiger partial charge in [0, 0.05) is 90.4 Å². The molecule has 4 amide bonds. The maximum Gasteiger partial charge on any atom is 0.410 e. The summed E-state index contributed by atoms with van der Waals surface area (Å²) in [5.41, 5.74) is 3.25. The van der Waals surface area contributed by atoms with Crippen molar-refractivity contribution in [2.75, 3.05) is 73.9 Å². The second-order valence-electron chi connectivity index (χ2n) is 19.9. The molecule has 0 aliphatic carbocycles. The first-order chi connectivity index (χ1) is 32.3. The van der Waals surface area contributed by atoms with Gasteiger partial charge in [-0.2, -0.15) is 5.10 Å². The minimum absolute atomic E-state index is 0.0148. The molecular formula is C51H59BrN8O8. The van der Waals surface area contributed by atoms with Crippen LogP contribution in [0.4, 0.5) is 32.3 Å². The van der Waals surface area contributed by atoms with E-state index in [2.05, 4.69) is 36.8 Å². The summed E-state index contributed by atoms with van der Waals surface area (Å²) in [6, 6.07) is 29.6. The van der Waals surface area contributed by atoms with Gasteiger partial charge in [0.25, 0.3) is 0 Å². The van der Waals surface area contributed by atoms with Crippen molar-refractivity contribution in [2.45, 2.75) is 64.8 Å². The number of anilines is 4. The number of halogens is 1. The first kappa shape index (κ1) is 47.7. The number of rotatable bonds is 9. The van der Waals surface area contributed by atoms with Crippen LogP contribution in [-0.2, 0) is 19.1 Å². The van der Waals surface area contributed by atoms with Crippen molar-refractivity contribution in [3.8, 4) is 22.6 Å². The van der Waals surface area contributed by atoms with Crippen LogP contribution in [-0.4, -0.2) is 121 Å². The third-order valence-corrected chi connectivity index (χ3v) is 13.0. The highest BCUT2D eigenvalue weighted by molar-refractivity contribution is 9.10. The fraction of sp³-hybridized carbons (Fsp3) is 0.392. The molecule has 5 aromatic rings. The number of aromatic nitrogens is 2. The van der Waals surface area contributed by atoms with Crippen molar-refractivity contribution in [2.24, 2.45) is 10.8 Å². The molecule has 5 heterocycles. The zero-order chi connectivity index (χ0) is 48.6. The highest BCUT2D eigenvalue weighted by atomic mass is 79.9. The Morgan fingerprint density at radius 3 is 1.44 bits per heavy atom. The predicted octanol–water partition coefficient (Wildman–Crippen LogP) is 8.67. The number of hydrogen-bond donors (Lipinski definition) is 3. The largest absolute Gasteiger partial charge is 0.497 e. The molecule has 358 valence electrons. The summed E-state index contributed by atoms with van der Waals surface area (Å²) in [5.74, 6) is 1.37. The van der Waals surface area contributed by atoms with Crippen LogP contribution in [0.25, 0.3) is 11.1 Å². The fourth-order valence-corrected chi connectivity index (χ4v) is 9.46. The summed E-state index contributed by atoms with van der Waals surface area (Å²) in [7, 11) is 3.22. The SMILES string of the molecule is COc1cccc(NC2C(=O)N(c3ccc(-c4cn[nH]c4)cc3)CC23CN(C(=O)OC(C)(C)C)C3)c1.COc1cccc(NC2C(=O)N(c3ccc(Br)cc3)CC23CN(C(=O)OC(C)(C)C)C3)c1. The monoisotopic (exact) mass is 990 g/mol. The molecule has 4 saturated heterocycles. The lowest BCUT2D eigenvalue weighted by atomic mass is 9.75. The summed E-state index contributed by atoms with van der Waals surface area (Å²) in [6.07, 6.45) is 2.89. The molecule has 17 heteroatoms. The van der Waals surface area contributed by atoms with Crippen LogP contribution in [0.5, 0.6) is 11.5 Å². The van der Waals surface area contributed by atoms with E-state index in [1.54, 1.807) is 35.1 Å². The van der Waals surface area contributed by atoms with Gasteiger partial charge < -0.3 is 49.2 Å². The number of carbonyl (C=O) groups excluding carboxylic acids is 4. The Balaban J connectivity index is 0.000000185. The van der Waals surface area contributed by atoms with Gasteiger partial charge in [0.15, 0.2) is 0 Å². The van der Waals surface area contributed by atoms with Gasteiger partial charge in [0.05, 0.1) is 31.2 Å². The van der Waals surface area contributed by atoms with Gasteiger partial charge in [-0.1, -0.05) is 40.2 Å². The second-order valence-corrected chi connectivity index (χ2v) is 20.8. The van der Waals surface area contributed by atoms with Crippen molar-refractivity contribution in [3.63, 3.8) is 0 Å². The van der Waals surface area contributed by atoms with E-state index in [0.717, 1.165) is 38.3 Å². The van der Waals surface area contributed by atoms with Crippen molar-refractivity contribution in [1.29, 1.82) is 0 Å². The molecule has 1 aromatic heterocycles. The first-order valence-corrected chi connectivity index (χ1v) is 23.3. The Kier molecular flexibility index (Phi) is 13.2. The Labute approximate surface area is 405 Å². The number of aromatic amines is 1.